The van der Waals surface area contributed by atoms with Gasteiger partial charge in [-0.2, -0.15) is 0 Å². The average molecular weight is 254 g/mol. The third kappa shape index (κ3) is 2.89. The molecule has 3 atom stereocenters. The maximum Gasteiger partial charge on any atom is 0.0724 e. The van der Waals surface area contributed by atoms with Gasteiger partial charge in [0.2, 0.25) is 0 Å². The Hall–Kier alpha value is -0.120. The van der Waals surface area contributed by atoms with Gasteiger partial charge in [0.15, 0.2) is 0 Å². The molecule has 0 bridgehead atoms. The number of hydrogen-bond donors (Lipinski definition) is 1. The van der Waals surface area contributed by atoms with Crippen LogP contribution in [0.25, 0.3) is 0 Å². The third-order valence-corrected chi connectivity index (χ3v) is 5.32. The van der Waals surface area contributed by atoms with Gasteiger partial charge in [-0.05, 0) is 43.2 Å². The Morgan fingerprint density at radius 3 is 2.78 bits per heavy atom. The lowest BCUT2D eigenvalue weighted by Crippen LogP contribution is -2.50. The highest BCUT2D eigenvalue weighted by atomic mass is 16.5. The normalized spacial score (nSPS) is 38.5. The summed E-state index contributed by atoms with van der Waals surface area (Å²) in [6, 6.07) is 0. The zero-order valence-corrected chi connectivity index (χ0v) is 12.5. The van der Waals surface area contributed by atoms with Crippen LogP contribution < -0.4 is 5.32 Å². The van der Waals surface area contributed by atoms with Gasteiger partial charge in [-0.3, -0.25) is 0 Å². The Bertz CT molecular complexity index is 261. The predicted molar refractivity (Wildman–Crippen MR) is 75.8 cm³/mol. The molecule has 3 heteroatoms. The van der Waals surface area contributed by atoms with Crippen molar-refractivity contribution in [2.24, 2.45) is 17.3 Å². The smallest absolute Gasteiger partial charge is 0.0724 e. The molecule has 2 aliphatic heterocycles. The number of likely N-dealkylation sites (tertiary alicyclic amines) is 1. The van der Waals surface area contributed by atoms with Gasteiger partial charge in [-0.15, -0.1) is 0 Å². The Balaban J connectivity index is 1.96. The van der Waals surface area contributed by atoms with Gasteiger partial charge in [-0.1, -0.05) is 20.8 Å². The zero-order chi connectivity index (χ0) is 13.2. The van der Waals surface area contributed by atoms with Crippen LogP contribution in [0.2, 0.25) is 0 Å². The van der Waals surface area contributed by atoms with Crippen molar-refractivity contribution in [1.29, 1.82) is 0 Å². The second-order valence-corrected chi connectivity index (χ2v) is 6.72. The molecule has 0 aliphatic carbocycles. The van der Waals surface area contributed by atoms with Gasteiger partial charge >= 0.3 is 0 Å². The average Bonchev–Trinajstić information content (AvgIpc) is 2.81. The fraction of sp³-hybridized carbons (Fsp3) is 1.00. The van der Waals surface area contributed by atoms with E-state index in [1.54, 1.807) is 0 Å². The molecule has 2 fully saturated rings. The SMILES string of the molecule is COC1CN(CC2(C(C)C)CCNC2)CCC1C. The molecule has 0 amide bonds. The second kappa shape index (κ2) is 5.89. The minimum absolute atomic E-state index is 0.428. The highest BCUT2D eigenvalue weighted by molar-refractivity contribution is 4.94. The Kier molecular flexibility index (Phi) is 4.68. The van der Waals surface area contributed by atoms with Crippen LogP contribution in [0.15, 0.2) is 0 Å². The summed E-state index contributed by atoms with van der Waals surface area (Å²) in [5.74, 6) is 1.47. The molecule has 2 rings (SSSR count). The Morgan fingerprint density at radius 2 is 2.22 bits per heavy atom. The van der Waals surface area contributed by atoms with E-state index in [0.29, 0.717) is 17.4 Å². The molecule has 0 aromatic rings. The van der Waals surface area contributed by atoms with E-state index in [9.17, 15) is 0 Å². The van der Waals surface area contributed by atoms with E-state index in [1.165, 1.54) is 39.0 Å². The van der Waals surface area contributed by atoms with Crippen molar-refractivity contribution in [2.45, 2.75) is 39.7 Å². The number of nitrogens with zero attached hydrogens (tertiary/aromatic N) is 1. The summed E-state index contributed by atoms with van der Waals surface area (Å²) in [6.07, 6.45) is 3.03. The van der Waals surface area contributed by atoms with Crippen molar-refractivity contribution in [3.05, 3.63) is 0 Å². The molecule has 18 heavy (non-hydrogen) atoms. The van der Waals surface area contributed by atoms with Crippen LogP contribution >= 0.6 is 0 Å². The van der Waals surface area contributed by atoms with E-state index in [4.69, 9.17) is 4.74 Å². The molecule has 0 aromatic carbocycles. The molecule has 3 nitrogen and oxygen atoms in total. The standard InChI is InChI=1S/C15H30N2O/c1-12(2)15(6-7-16-10-15)11-17-8-5-13(3)14(9-17)18-4/h12-14,16H,5-11H2,1-4H3. The number of rotatable bonds is 4. The Morgan fingerprint density at radius 1 is 1.44 bits per heavy atom. The Labute approximate surface area is 112 Å². The fourth-order valence-electron chi connectivity index (χ4n) is 3.57. The van der Waals surface area contributed by atoms with Gasteiger partial charge in [0.05, 0.1) is 6.10 Å². The molecule has 0 spiro atoms. The molecule has 2 aliphatic rings. The van der Waals surface area contributed by atoms with E-state index in [1.807, 2.05) is 7.11 Å². The monoisotopic (exact) mass is 254 g/mol. The maximum absolute atomic E-state index is 5.63. The number of nitrogens with one attached hydrogen (secondary N) is 1. The molecule has 0 aromatic heterocycles. The van der Waals surface area contributed by atoms with E-state index < -0.39 is 0 Å². The van der Waals surface area contributed by atoms with Gasteiger partial charge < -0.3 is 15.0 Å². The number of piperidine rings is 1. The van der Waals surface area contributed by atoms with Crippen molar-refractivity contribution in [3.63, 3.8) is 0 Å². The molecular weight excluding hydrogens is 224 g/mol. The van der Waals surface area contributed by atoms with Crippen molar-refractivity contribution in [3.8, 4) is 0 Å². The van der Waals surface area contributed by atoms with Crippen LogP contribution in [-0.4, -0.2) is 50.8 Å². The second-order valence-electron chi connectivity index (χ2n) is 6.72. The predicted octanol–water partition coefficient (Wildman–Crippen LogP) is 1.98. The van der Waals surface area contributed by atoms with E-state index in [0.717, 1.165) is 12.5 Å². The van der Waals surface area contributed by atoms with Crippen molar-refractivity contribution in [1.82, 2.24) is 10.2 Å². The highest BCUT2D eigenvalue weighted by Crippen LogP contribution is 2.36. The minimum atomic E-state index is 0.428. The largest absolute Gasteiger partial charge is 0.380 e. The lowest BCUT2D eigenvalue weighted by Gasteiger charge is -2.43. The number of ether oxygens (including phenoxy) is 1. The summed E-state index contributed by atoms with van der Waals surface area (Å²) in [6.45, 7) is 13.1. The molecule has 106 valence electrons. The summed E-state index contributed by atoms with van der Waals surface area (Å²) in [4.78, 5) is 2.64. The molecule has 2 heterocycles. The topological polar surface area (TPSA) is 24.5 Å². The summed E-state index contributed by atoms with van der Waals surface area (Å²) in [7, 11) is 1.86. The number of methoxy groups -OCH3 is 1. The fourth-order valence-corrected chi connectivity index (χ4v) is 3.57. The van der Waals surface area contributed by atoms with Crippen molar-refractivity contribution in [2.75, 3.05) is 39.8 Å². The van der Waals surface area contributed by atoms with Crippen LogP contribution in [0.5, 0.6) is 0 Å². The minimum Gasteiger partial charge on any atom is -0.380 e. The molecular formula is C15H30N2O. The lowest BCUT2D eigenvalue weighted by atomic mass is 9.75. The van der Waals surface area contributed by atoms with Crippen LogP contribution in [0, 0.1) is 17.3 Å². The summed E-state index contributed by atoms with van der Waals surface area (Å²) < 4.78 is 5.63. The summed E-state index contributed by atoms with van der Waals surface area (Å²) >= 11 is 0. The van der Waals surface area contributed by atoms with Crippen molar-refractivity contribution >= 4 is 0 Å². The van der Waals surface area contributed by atoms with E-state index in [-0.39, 0.29) is 0 Å². The van der Waals surface area contributed by atoms with Crippen LogP contribution in [0.1, 0.15) is 33.6 Å². The van der Waals surface area contributed by atoms with Gasteiger partial charge in [0, 0.05) is 26.7 Å². The number of hydrogen-bond acceptors (Lipinski definition) is 3. The lowest BCUT2D eigenvalue weighted by molar-refractivity contribution is -0.0215. The molecule has 1 N–H and O–H groups in total. The third-order valence-electron chi connectivity index (χ3n) is 5.32. The summed E-state index contributed by atoms with van der Waals surface area (Å²) in [5, 5.41) is 3.56. The van der Waals surface area contributed by atoms with Crippen LogP contribution in [-0.2, 0) is 4.74 Å². The van der Waals surface area contributed by atoms with Gasteiger partial charge in [0.25, 0.3) is 0 Å². The van der Waals surface area contributed by atoms with E-state index in [2.05, 4.69) is 31.0 Å². The first-order valence-electron chi connectivity index (χ1n) is 7.53. The van der Waals surface area contributed by atoms with Crippen molar-refractivity contribution < 1.29 is 4.74 Å². The molecule has 0 saturated carbocycles. The molecule has 3 unspecified atom stereocenters. The first kappa shape index (κ1) is 14.3. The first-order chi connectivity index (χ1) is 8.57. The van der Waals surface area contributed by atoms with Gasteiger partial charge in [-0.25, -0.2) is 0 Å². The van der Waals surface area contributed by atoms with Gasteiger partial charge in [0.1, 0.15) is 0 Å². The first-order valence-corrected chi connectivity index (χ1v) is 7.53. The quantitative estimate of drug-likeness (QED) is 0.830. The van der Waals surface area contributed by atoms with Crippen LogP contribution in [0.3, 0.4) is 0 Å². The van der Waals surface area contributed by atoms with E-state index >= 15 is 0 Å². The molecule has 2 saturated heterocycles. The summed E-state index contributed by atoms with van der Waals surface area (Å²) in [5.41, 5.74) is 0.485. The highest BCUT2D eigenvalue weighted by Gasteiger charge is 2.39. The zero-order valence-electron chi connectivity index (χ0n) is 12.5. The molecule has 0 radical (unpaired) electrons. The maximum atomic E-state index is 5.63. The van der Waals surface area contributed by atoms with Crippen LogP contribution in [0.4, 0.5) is 0 Å².